The molecule has 8 heteroatoms. The molecule has 0 fully saturated rings. The number of rotatable bonds is 8. The molecule has 2 aromatic carbocycles. The van der Waals surface area contributed by atoms with E-state index in [4.69, 9.17) is 9.47 Å². The first kappa shape index (κ1) is 25.4. The number of ether oxygens (including phenoxy) is 2. The van der Waals surface area contributed by atoms with E-state index in [9.17, 15) is 14.4 Å². The molecule has 0 aliphatic rings. The van der Waals surface area contributed by atoms with E-state index in [0.29, 0.717) is 29.3 Å². The second-order valence-electron chi connectivity index (χ2n) is 8.74. The lowest BCUT2D eigenvalue weighted by atomic mass is 10.0. The summed E-state index contributed by atoms with van der Waals surface area (Å²) in [4.78, 5) is 41.9. The average molecular weight is 476 g/mol. The van der Waals surface area contributed by atoms with Crippen LogP contribution < -0.4 is 15.4 Å². The number of carbonyl (C=O) groups is 3. The van der Waals surface area contributed by atoms with Gasteiger partial charge in [-0.3, -0.25) is 19.9 Å². The second kappa shape index (κ2) is 11.3. The maximum absolute atomic E-state index is 12.8. The van der Waals surface area contributed by atoms with Crippen molar-refractivity contribution in [3.05, 3.63) is 72.6 Å². The van der Waals surface area contributed by atoms with E-state index in [1.807, 2.05) is 25.1 Å². The Balaban J connectivity index is 1.73. The number of carbonyl (C=O) groups excluding carboxylic acids is 3. The molecule has 3 rings (SSSR count). The standard InChI is InChI=1S/C27H29N3O5/c1-5-34-21-11-12-22(23(15-21)30-26(33)35-27(2,3)4)29-25(32)16-24(31)19-9-6-8-18(14-19)20-10-7-13-28-17-20/h6-15,17H,5,16H2,1-4H3,(H,29,32)(H,30,33). The molecule has 1 aromatic heterocycles. The highest BCUT2D eigenvalue weighted by atomic mass is 16.6. The van der Waals surface area contributed by atoms with E-state index >= 15 is 0 Å². The van der Waals surface area contributed by atoms with Crippen molar-refractivity contribution >= 4 is 29.2 Å². The molecule has 8 nitrogen and oxygen atoms in total. The summed E-state index contributed by atoms with van der Waals surface area (Å²) in [6.07, 6.45) is 2.34. The molecule has 0 unspecified atom stereocenters. The number of anilines is 2. The van der Waals surface area contributed by atoms with Crippen LogP contribution in [0.25, 0.3) is 11.1 Å². The zero-order valence-electron chi connectivity index (χ0n) is 20.3. The fourth-order valence-corrected chi connectivity index (χ4v) is 3.25. The van der Waals surface area contributed by atoms with Crippen molar-refractivity contribution in [1.82, 2.24) is 4.98 Å². The quantitative estimate of drug-likeness (QED) is 0.319. The van der Waals surface area contributed by atoms with Gasteiger partial charge in [-0.2, -0.15) is 0 Å². The van der Waals surface area contributed by atoms with Gasteiger partial charge in [0.25, 0.3) is 0 Å². The van der Waals surface area contributed by atoms with Gasteiger partial charge in [0.1, 0.15) is 11.4 Å². The van der Waals surface area contributed by atoms with E-state index in [1.165, 1.54) is 0 Å². The molecule has 0 spiro atoms. The van der Waals surface area contributed by atoms with E-state index in [-0.39, 0.29) is 12.2 Å². The number of amides is 2. The van der Waals surface area contributed by atoms with Gasteiger partial charge in [-0.05, 0) is 57.5 Å². The molecule has 0 radical (unpaired) electrons. The van der Waals surface area contributed by atoms with Gasteiger partial charge in [-0.1, -0.05) is 24.3 Å². The van der Waals surface area contributed by atoms with Crippen LogP contribution in [-0.4, -0.2) is 35.0 Å². The zero-order chi connectivity index (χ0) is 25.4. The van der Waals surface area contributed by atoms with E-state index < -0.39 is 17.6 Å². The van der Waals surface area contributed by atoms with Crippen LogP contribution in [0.2, 0.25) is 0 Å². The molecule has 2 N–H and O–H groups in total. The number of pyridine rings is 1. The number of ketones is 1. The Morgan fingerprint density at radius 2 is 1.69 bits per heavy atom. The normalized spacial score (nSPS) is 10.9. The summed E-state index contributed by atoms with van der Waals surface area (Å²) in [7, 11) is 0. The first-order chi connectivity index (χ1) is 16.6. The van der Waals surface area contributed by atoms with Gasteiger partial charge in [0.05, 0.1) is 24.4 Å². The number of hydrogen-bond donors (Lipinski definition) is 2. The van der Waals surface area contributed by atoms with Gasteiger partial charge in [0.15, 0.2) is 5.78 Å². The van der Waals surface area contributed by atoms with Crippen LogP contribution >= 0.6 is 0 Å². The molecule has 182 valence electrons. The van der Waals surface area contributed by atoms with Crippen molar-refractivity contribution in [3.63, 3.8) is 0 Å². The van der Waals surface area contributed by atoms with Gasteiger partial charge in [0, 0.05) is 29.6 Å². The minimum atomic E-state index is -0.693. The molecule has 0 aliphatic heterocycles. The van der Waals surface area contributed by atoms with Crippen molar-refractivity contribution in [2.45, 2.75) is 39.7 Å². The third-order valence-electron chi connectivity index (χ3n) is 4.71. The van der Waals surface area contributed by atoms with Gasteiger partial charge in [-0.25, -0.2) is 4.79 Å². The molecule has 0 aliphatic carbocycles. The fraction of sp³-hybridized carbons (Fsp3) is 0.259. The zero-order valence-corrected chi connectivity index (χ0v) is 20.3. The molecular weight excluding hydrogens is 446 g/mol. The summed E-state index contributed by atoms with van der Waals surface area (Å²) < 4.78 is 10.8. The smallest absolute Gasteiger partial charge is 0.412 e. The Kier molecular flexibility index (Phi) is 8.20. The third-order valence-corrected chi connectivity index (χ3v) is 4.71. The van der Waals surface area contributed by atoms with Crippen molar-refractivity contribution in [3.8, 4) is 16.9 Å². The van der Waals surface area contributed by atoms with Gasteiger partial charge in [-0.15, -0.1) is 0 Å². The number of nitrogens with zero attached hydrogens (tertiary/aromatic N) is 1. The predicted octanol–water partition coefficient (Wildman–Crippen LogP) is 5.71. The van der Waals surface area contributed by atoms with Crippen LogP contribution in [0.3, 0.4) is 0 Å². The van der Waals surface area contributed by atoms with Crippen molar-refractivity contribution < 1.29 is 23.9 Å². The molecular formula is C27H29N3O5. The van der Waals surface area contributed by atoms with Gasteiger partial charge < -0.3 is 14.8 Å². The van der Waals surface area contributed by atoms with Crippen molar-refractivity contribution in [1.29, 1.82) is 0 Å². The SMILES string of the molecule is CCOc1ccc(NC(=O)CC(=O)c2cccc(-c3cccnc3)c2)c(NC(=O)OC(C)(C)C)c1. The summed E-state index contributed by atoms with van der Waals surface area (Å²) in [5.41, 5.74) is 2.05. The molecule has 0 atom stereocenters. The van der Waals surface area contributed by atoms with Crippen LogP contribution in [0.15, 0.2) is 67.0 Å². The highest BCUT2D eigenvalue weighted by Crippen LogP contribution is 2.28. The Labute approximate surface area is 204 Å². The molecule has 1 heterocycles. The Bertz CT molecular complexity index is 1200. The molecule has 0 bridgehead atoms. The largest absolute Gasteiger partial charge is 0.494 e. The van der Waals surface area contributed by atoms with Crippen LogP contribution in [-0.2, 0) is 9.53 Å². The maximum atomic E-state index is 12.8. The summed E-state index contributed by atoms with van der Waals surface area (Å²) in [5, 5.41) is 5.33. The van der Waals surface area contributed by atoms with E-state index in [1.54, 1.807) is 69.6 Å². The predicted molar refractivity (Wildman–Crippen MR) is 135 cm³/mol. The lowest BCUT2D eigenvalue weighted by Gasteiger charge is -2.21. The van der Waals surface area contributed by atoms with Crippen LogP contribution in [0.1, 0.15) is 44.5 Å². The van der Waals surface area contributed by atoms with E-state index in [0.717, 1.165) is 11.1 Å². The number of hydrogen-bond acceptors (Lipinski definition) is 6. The maximum Gasteiger partial charge on any atom is 0.412 e. The van der Waals surface area contributed by atoms with Crippen LogP contribution in [0.4, 0.5) is 16.2 Å². The lowest BCUT2D eigenvalue weighted by molar-refractivity contribution is -0.115. The van der Waals surface area contributed by atoms with Crippen molar-refractivity contribution in [2.24, 2.45) is 0 Å². The second-order valence-corrected chi connectivity index (χ2v) is 8.74. The Morgan fingerprint density at radius 3 is 2.37 bits per heavy atom. The number of Topliss-reactive ketones (excluding diaryl/α,β-unsaturated/α-hetero) is 1. The highest BCUT2D eigenvalue weighted by molar-refractivity contribution is 6.12. The Hall–Kier alpha value is -4.20. The highest BCUT2D eigenvalue weighted by Gasteiger charge is 2.19. The topological polar surface area (TPSA) is 107 Å². The summed E-state index contributed by atoms with van der Waals surface area (Å²) >= 11 is 0. The Morgan fingerprint density at radius 1 is 0.914 bits per heavy atom. The van der Waals surface area contributed by atoms with Gasteiger partial charge in [0.2, 0.25) is 5.91 Å². The molecule has 2 amide bonds. The molecule has 3 aromatic rings. The summed E-state index contributed by atoms with van der Waals surface area (Å²) in [5.74, 6) is -0.334. The molecule has 35 heavy (non-hydrogen) atoms. The first-order valence-corrected chi connectivity index (χ1v) is 11.2. The van der Waals surface area contributed by atoms with Crippen LogP contribution in [0.5, 0.6) is 5.75 Å². The average Bonchev–Trinajstić information content (AvgIpc) is 2.80. The van der Waals surface area contributed by atoms with Gasteiger partial charge >= 0.3 is 6.09 Å². The lowest BCUT2D eigenvalue weighted by Crippen LogP contribution is -2.27. The minimum Gasteiger partial charge on any atom is -0.494 e. The number of aromatic nitrogens is 1. The summed E-state index contributed by atoms with van der Waals surface area (Å²) in [6.45, 7) is 7.53. The number of nitrogens with one attached hydrogen (secondary N) is 2. The minimum absolute atomic E-state index is 0.296. The third kappa shape index (κ3) is 7.67. The first-order valence-electron chi connectivity index (χ1n) is 11.2. The van der Waals surface area contributed by atoms with Crippen molar-refractivity contribution in [2.75, 3.05) is 17.2 Å². The monoisotopic (exact) mass is 475 g/mol. The summed E-state index contributed by atoms with van der Waals surface area (Å²) in [6, 6.07) is 15.6. The molecule has 0 saturated heterocycles. The number of benzene rings is 2. The van der Waals surface area contributed by atoms with Crippen LogP contribution in [0, 0.1) is 0 Å². The molecule has 0 saturated carbocycles. The van der Waals surface area contributed by atoms with E-state index in [2.05, 4.69) is 15.6 Å². The fourth-order valence-electron chi connectivity index (χ4n) is 3.25.